The molecule has 1 aromatic rings. The Kier molecular flexibility index (Phi) is 3.66. The van der Waals surface area contributed by atoms with Crippen LogP contribution in [0.5, 0.6) is 0 Å². The van der Waals surface area contributed by atoms with Crippen LogP contribution in [-0.2, 0) is 14.8 Å². The van der Waals surface area contributed by atoms with Crippen LogP contribution in [0.2, 0.25) is 0 Å². The van der Waals surface area contributed by atoms with Crippen molar-refractivity contribution in [2.45, 2.75) is 11.8 Å². The lowest BCUT2D eigenvalue weighted by Gasteiger charge is -2.07. The Morgan fingerprint density at radius 2 is 2.00 bits per heavy atom. The number of aryl methyl sites for hydroxylation is 1. The molecule has 1 N–H and O–H groups in total. The molecule has 5 nitrogen and oxygen atoms in total. The van der Waals surface area contributed by atoms with Crippen molar-refractivity contribution in [2.75, 3.05) is 14.2 Å². The van der Waals surface area contributed by atoms with E-state index in [9.17, 15) is 13.2 Å². The lowest BCUT2D eigenvalue weighted by molar-refractivity contribution is 0.0599. The van der Waals surface area contributed by atoms with Gasteiger partial charge in [-0.15, -0.1) is 0 Å². The fourth-order valence-corrected chi connectivity index (χ4v) is 1.97. The summed E-state index contributed by atoms with van der Waals surface area (Å²) >= 11 is 0. The molecule has 0 saturated heterocycles. The number of sulfonamides is 1. The topological polar surface area (TPSA) is 72.5 Å². The second kappa shape index (κ2) is 4.63. The van der Waals surface area contributed by atoms with Gasteiger partial charge in [0.05, 0.1) is 17.6 Å². The van der Waals surface area contributed by atoms with Crippen LogP contribution >= 0.6 is 0 Å². The van der Waals surface area contributed by atoms with E-state index in [1.54, 1.807) is 13.0 Å². The van der Waals surface area contributed by atoms with Gasteiger partial charge in [-0.2, -0.15) is 0 Å². The predicted octanol–water partition coefficient (Wildman–Crippen LogP) is 0.690. The van der Waals surface area contributed by atoms with Gasteiger partial charge in [-0.1, -0.05) is 6.07 Å². The number of hydrogen-bond acceptors (Lipinski definition) is 4. The zero-order chi connectivity index (χ0) is 12.3. The first-order chi connectivity index (χ1) is 7.42. The summed E-state index contributed by atoms with van der Waals surface area (Å²) in [6, 6.07) is 4.30. The van der Waals surface area contributed by atoms with Gasteiger partial charge in [-0.05, 0) is 31.7 Å². The molecule has 0 unspecified atom stereocenters. The summed E-state index contributed by atoms with van der Waals surface area (Å²) in [5.41, 5.74) is 0.917. The molecule has 0 heterocycles. The Morgan fingerprint density at radius 1 is 1.38 bits per heavy atom. The predicted molar refractivity (Wildman–Crippen MR) is 58.8 cm³/mol. The first-order valence-corrected chi connectivity index (χ1v) is 6.03. The van der Waals surface area contributed by atoms with Gasteiger partial charge in [-0.25, -0.2) is 17.9 Å². The highest BCUT2D eigenvalue weighted by molar-refractivity contribution is 7.89. The number of ether oxygens (including phenoxy) is 1. The Bertz CT molecular complexity index is 508. The molecule has 0 amide bonds. The van der Waals surface area contributed by atoms with Crippen LogP contribution in [0.4, 0.5) is 0 Å². The van der Waals surface area contributed by atoms with E-state index in [0.717, 1.165) is 0 Å². The van der Waals surface area contributed by atoms with E-state index in [1.807, 2.05) is 0 Å². The summed E-state index contributed by atoms with van der Waals surface area (Å²) in [4.78, 5) is 11.4. The fraction of sp³-hybridized carbons (Fsp3) is 0.300. The van der Waals surface area contributed by atoms with Crippen LogP contribution in [-0.4, -0.2) is 28.5 Å². The largest absolute Gasteiger partial charge is 0.465 e. The molecule has 1 aromatic carbocycles. The van der Waals surface area contributed by atoms with Crippen LogP contribution in [0.25, 0.3) is 0 Å². The SMILES string of the molecule is CNS(=O)(=O)c1ccc(C)c(C(=O)OC)c1. The number of methoxy groups -OCH3 is 1. The van der Waals surface area contributed by atoms with Gasteiger partial charge in [0.1, 0.15) is 0 Å². The summed E-state index contributed by atoms with van der Waals surface area (Å²) in [7, 11) is -0.973. The highest BCUT2D eigenvalue weighted by Crippen LogP contribution is 2.16. The maximum absolute atomic E-state index is 11.5. The number of carbonyl (C=O) groups is 1. The van der Waals surface area contributed by atoms with Crippen molar-refractivity contribution in [1.82, 2.24) is 4.72 Å². The maximum atomic E-state index is 11.5. The van der Waals surface area contributed by atoms with Crippen molar-refractivity contribution in [1.29, 1.82) is 0 Å². The van der Waals surface area contributed by atoms with Crippen LogP contribution in [0, 0.1) is 6.92 Å². The molecule has 0 aliphatic carbocycles. The van der Waals surface area contributed by atoms with E-state index in [1.165, 1.54) is 26.3 Å². The van der Waals surface area contributed by atoms with E-state index in [-0.39, 0.29) is 10.5 Å². The molecule has 0 saturated carbocycles. The molecule has 16 heavy (non-hydrogen) atoms. The van der Waals surface area contributed by atoms with Gasteiger partial charge < -0.3 is 4.74 Å². The molecule has 0 radical (unpaired) electrons. The number of hydrogen-bond donors (Lipinski definition) is 1. The van der Waals surface area contributed by atoms with Crippen LogP contribution in [0.15, 0.2) is 23.1 Å². The molecule has 88 valence electrons. The lowest BCUT2D eigenvalue weighted by Crippen LogP contribution is -2.19. The fourth-order valence-electron chi connectivity index (χ4n) is 1.22. The molecule has 0 aromatic heterocycles. The quantitative estimate of drug-likeness (QED) is 0.793. The third kappa shape index (κ3) is 2.40. The molecule has 0 aliphatic rings. The van der Waals surface area contributed by atoms with Gasteiger partial charge >= 0.3 is 5.97 Å². The van der Waals surface area contributed by atoms with Crippen LogP contribution < -0.4 is 4.72 Å². The van der Waals surface area contributed by atoms with Crippen molar-refractivity contribution < 1.29 is 17.9 Å². The smallest absolute Gasteiger partial charge is 0.338 e. The minimum absolute atomic E-state index is 0.0426. The van der Waals surface area contributed by atoms with Crippen molar-refractivity contribution in [3.63, 3.8) is 0 Å². The van der Waals surface area contributed by atoms with Crippen molar-refractivity contribution in [3.8, 4) is 0 Å². The molecule has 0 fully saturated rings. The normalized spacial score (nSPS) is 11.2. The Balaban J connectivity index is 3.34. The van der Waals surface area contributed by atoms with Crippen molar-refractivity contribution >= 4 is 16.0 Å². The van der Waals surface area contributed by atoms with E-state index in [4.69, 9.17) is 0 Å². The number of nitrogens with one attached hydrogen (secondary N) is 1. The van der Waals surface area contributed by atoms with Gasteiger partial charge in [0, 0.05) is 0 Å². The number of rotatable bonds is 3. The average Bonchev–Trinajstić information content (AvgIpc) is 2.28. The average molecular weight is 243 g/mol. The van der Waals surface area contributed by atoms with E-state index < -0.39 is 16.0 Å². The second-order valence-corrected chi connectivity index (χ2v) is 5.06. The minimum atomic E-state index is -3.54. The highest BCUT2D eigenvalue weighted by atomic mass is 32.2. The van der Waals surface area contributed by atoms with Gasteiger partial charge in [0.2, 0.25) is 10.0 Å². The molecular weight excluding hydrogens is 230 g/mol. The first-order valence-electron chi connectivity index (χ1n) is 4.55. The van der Waals surface area contributed by atoms with Crippen LogP contribution in [0.3, 0.4) is 0 Å². The minimum Gasteiger partial charge on any atom is -0.465 e. The Morgan fingerprint density at radius 3 is 2.50 bits per heavy atom. The monoisotopic (exact) mass is 243 g/mol. The summed E-state index contributed by atoms with van der Waals surface area (Å²) in [6.07, 6.45) is 0. The van der Waals surface area contributed by atoms with Gasteiger partial charge in [0.25, 0.3) is 0 Å². The molecule has 6 heteroatoms. The second-order valence-electron chi connectivity index (χ2n) is 3.18. The molecule has 1 rings (SSSR count). The van der Waals surface area contributed by atoms with Crippen molar-refractivity contribution in [3.05, 3.63) is 29.3 Å². The molecule has 0 spiro atoms. The summed E-state index contributed by atoms with van der Waals surface area (Å²) in [5.74, 6) is -0.550. The van der Waals surface area contributed by atoms with E-state index in [2.05, 4.69) is 9.46 Å². The molecule has 0 atom stereocenters. The Labute approximate surface area is 94.5 Å². The maximum Gasteiger partial charge on any atom is 0.338 e. The van der Waals surface area contributed by atoms with Crippen LogP contribution in [0.1, 0.15) is 15.9 Å². The zero-order valence-corrected chi connectivity index (χ0v) is 10.1. The summed E-state index contributed by atoms with van der Waals surface area (Å²) in [6.45, 7) is 1.71. The third-order valence-corrected chi connectivity index (χ3v) is 3.61. The van der Waals surface area contributed by atoms with E-state index >= 15 is 0 Å². The summed E-state index contributed by atoms with van der Waals surface area (Å²) in [5, 5.41) is 0. The first kappa shape index (κ1) is 12.7. The number of esters is 1. The molecule has 0 bridgehead atoms. The lowest BCUT2D eigenvalue weighted by atomic mass is 10.1. The third-order valence-electron chi connectivity index (χ3n) is 2.19. The zero-order valence-electron chi connectivity index (χ0n) is 9.27. The number of carbonyl (C=O) groups excluding carboxylic acids is 1. The standard InChI is InChI=1S/C10H13NO4S/c1-7-4-5-8(16(13,14)11-2)6-9(7)10(12)15-3/h4-6,11H,1-3H3. The molecule has 0 aliphatic heterocycles. The highest BCUT2D eigenvalue weighted by Gasteiger charge is 2.16. The van der Waals surface area contributed by atoms with Gasteiger partial charge in [0.15, 0.2) is 0 Å². The van der Waals surface area contributed by atoms with Gasteiger partial charge in [-0.3, -0.25) is 0 Å². The summed E-state index contributed by atoms with van der Waals surface area (Å²) < 4.78 is 29.8. The Hall–Kier alpha value is -1.40. The number of benzene rings is 1. The van der Waals surface area contributed by atoms with E-state index in [0.29, 0.717) is 5.56 Å². The molecular formula is C10H13NO4S. The van der Waals surface area contributed by atoms with Crippen molar-refractivity contribution in [2.24, 2.45) is 0 Å².